The number of benzene rings is 1. The van der Waals surface area contributed by atoms with Crippen LogP contribution in [0.25, 0.3) is 10.8 Å². The van der Waals surface area contributed by atoms with E-state index in [1.807, 2.05) is 45.9 Å². The predicted octanol–water partition coefficient (Wildman–Crippen LogP) is 4.08. The number of esters is 1. The smallest absolute Gasteiger partial charge is 0.312 e. The van der Waals surface area contributed by atoms with Gasteiger partial charge in [0.2, 0.25) is 0 Å². The number of halogens is 1. The van der Waals surface area contributed by atoms with Crippen LogP contribution >= 0.6 is 11.6 Å². The van der Waals surface area contributed by atoms with Gasteiger partial charge in [-0.25, -0.2) is 4.98 Å². The van der Waals surface area contributed by atoms with Crippen molar-refractivity contribution in [1.29, 1.82) is 0 Å². The second-order valence-corrected chi connectivity index (χ2v) is 6.27. The Morgan fingerprint density at radius 2 is 2.00 bits per heavy atom. The number of aryl methyl sites for hydroxylation is 1. The van der Waals surface area contributed by atoms with E-state index in [0.717, 1.165) is 16.3 Å². The first-order chi connectivity index (χ1) is 9.24. The average molecular weight is 292 g/mol. The minimum absolute atomic E-state index is 0.123. The molecular weight excluding hydrogens is 274 g/mol. The van der Waals surface area contributed by atoms with Crippen LogP contribution in [0.2, 0.25) is 5.15 Å². The molecule has 3 nitrogen and oxygen atoms in total. The maximum atomic E-state index is 12.0. The fourth-order valence-electron chi connectivity index (χ4n) is 2.04. The summed E-state index contributed by atoms with van der Waals surface area (Å²) in [5, 5.41) is 2.31. The van der Waals surface area contributed by atoms with E-state index in [-0.39, 0.29) is 12.4 Å². The van der Waals surface area contributed by atoms with Gasteiger partial charge < -0.3 is 4.74 Å². The third kappa shape index (κ3) is 3.70. The summed E-state index contributed by atoms with van der Waals surface area (Å²) in [4.78, 5) is 16.2. The number of carbonyl (C=O) groups excluding carboxylic acids is 1. The monoisotopic (exact) mass is 291 g/mol. The third-order valence-electron chi connectivity index (χ3n) is 2.77. The Balaban J connectivity index is 2.38. The molecule has 0 spiro atoms. The lowest BCUT2D eigenvalue weighted by atomic mass is 10.1. The summed E-state index contributed by atoms with van der Waals surface area (Å²) < 4.78 is 5.34. The molecule has 1 heterocycles. The number of nitrogens with zero attached hydrogens (tertiary/aromatic N) is 1. The van der Waals surface area contributed by atoms with Crippen LogP contribution < -0.4 is 0 Å². The molecule has 0 aliphatic carbocycles. The van der Waals surface area contributed by atoms with E-state index in [2.05, 4.69) is 4.98 Å². The zero-order chi connectivity index (χ0) is 14.9. The lowest BCUT2D eigenvalue weighted by Crippen LogP contribution is -2.25. The van der Waals surface area contributed by atoms with Gasteiger partial charge in [0.25, 0.3) is 0 Å². The van der Waals surface area contributed by atoms with Gasteiger partial charge >= 0.3 is 5.97 Å². The maximum Gasteiger partial charge on any atom is 0.312 e. The van der Waals surface area contributed by atoms with Crippen LogP contribution in [0.3, 0.4) is 0 Å². The molecule has 20 heavy (non-hydrogen) atoms. The van der Waals surface area contributed by atoms with Gasteiger partial charge in [-0.05, 0) is 45.2 Å². The highest BCUT2D eigenvalue weighted by molar-refractivity contribution is 6.30. The van der Waals surface area contributed by atoms with Gasteiger partial charge in [-0.2, -0.15) is 0 Å². The fourth-order valence-corrected chi connectivity index (χ4v) is 2.26. The number of carbonyl (C=O) groups is 1. The molecule has 0 aliphatic heterocycles. The Morgan fingerprint density at radius 3 is 2.65 bits per heavy atom. The molecule has 1 aromatic carbocycles. The highest BCUT2D eigenvalue weighted by atomic mass is 35.5. The summed E-state index contributed by atoms with van der Waals surface area (Å²) in [7, 11) is 0. The molecular formula is C16H18ClNO2. The highest BCUT2D eigenvalue weighted by Gasteiger charge is 2.18. The van der Waals surface area contributed by atoms with Crippen LogP contribution in [0.1, 0.15) is 32.0 Å². The van der Waals surface area contributed by atoms with E-state index in [4.69, 9.17) is 16.3 Å². The normalized spacial score (nSPS) is 11.7. The molecule has 0 unspecified atom stereocenters. The van der Waals surface area contributed by atoms with Crippen molar-refractivity contribution in [3.8, 4) is 0 Å². The van der Waals surface area contributed by atoms with Crippen LogP contribution in [0.5, 0.6) is 0 Å². The highest BCUT2D eigenvalue weighted by Crippen LogP contribution is 2.23. The van der Waals surface area contributed by atoms with E-state index in [9.17, 15) is 4.79 Å². The van der Waals surface area contributed by atoms with Crippen molar-refractivity contribution < 1.29 is 9.53 Å². The summed E-state index contributed by atoms with van der Waals surface area (Å²) in [6.07, 6.45) is 0.123. The Hall–Kier alpha value is -1.61. The van der Waals surface area contributed by atoms with Crippen molar-refractivity contribution in [3.05, 3.63) is 40.7 Å². The van der Waals surface area contributed by atoms with Gasteiger partial charge in [0.1, 0.15) is 10.8 Å². The van der Waals surface area contributed by atoms with Gasteiger partial charge in [0.05, 0.1) is 12.1 Å². The fraction of sp³-hybridized carbons (Fsp3) is 0.375. The van der Waals surface area contributed by atoms with Crippen LogP contribution in [0, 0.1) is 6.92 Å². The van der Waals surface area contributed by atoms with Crippen molar-refractivity contribution in [1.82, 2.24) is 4.98 Å². The molecule has 106 valence electrons. The molecule has 0 radical (unpaired) electrons. The molecule has 2 rings (SSSR count). The van der Waals surface area contributed by atoms with E-state index >= 15 is 0 Å². The molecule has 0 fully saturated rings. The van der Waals surface area contributed by atoms with Crippen LogP contribution in [0.4, 0.5) is 0 Å². The zero-order valence-electron chi connectivity index (χ0n) is 12.2. The minimum atomic E-state index is -0.499. The van der Waals surface area contributed by atoms with Crippen molar-refractivity contribution >= 4 is 28.3 Å². The summed E-state index contributed by atoms with van der Waals surface area (Å²) in [5.74, 6) is -0.296. The number of hydrogen-bond acceptors (Lipinski definition) is 3. The topological polar surface area (TPSA) is 39.2 Å². The van der Waals surface area contributed by atoms with Crippen molar-refractivity contribution in [3.63, 3.8) is 0 Å². The first kappa shape index (κ1) is 14.8. The molecule has 0 saturated heterocycles. The van der Waals surface area contributed by atoms with E-state index < -0.39 is 5.60 Å². The molecule has 0 amide bonds. The van der Waals surface area contributed by atoms with E-state index in [1.54, 1.807) is 6.07 Å². The van der Waals surface area contributed by atoms with Crippen LogP contribution in [0.15, 0.2) is 24.3 Å². The number of aromatic nitrogens is 1. The van der Waals surface area contributed by atoms with Crippen LogP contribution in [-0.4, -0.2) is 16.6 Å². The standard InChI is InChI=1S/C16H18ClNO2/c1-10-5-6-11-8-14(17)18-13(12(11)7-10)9-15(19)20-16(2,3)4/h5-8H,9H2,1-4H3. The van der Waals surface area contributed by atoms with E-state index in [1.165, 1.54) is 0 Å². The summed E-state index contributed by atoms with van der Waals surface area (Å²) in [5.41, 5.74) is 1.28. The first-order valence-electron chi connectivity index (χ1n) is 6.52. The lowest BCUT2D eigenvalue weighted by Gasteiger charge is -2.19. The van der Waals surface area contributed by atoms with Crippen molar-refractivity contribution in [2.24, 2.45) is 0 Å². The second-order valence-electron chi connectivity index (χ2n) is 5.88. The molecule has 2 aromatic rings. The molecule has 1 aromatic heterocycles. The minimum Gasteiger partial charge on any atom is -0.460 e. The van der Waals surface area contributed by atoms with Gasteiger partial charge in [0, 0.05) is 5.39 Å². The van der Waals surface area contributed by atoms with Gasteiger partial charge in [-0.3, -0.25) is 4.79 Å². The van der Waals surface area contributed by atoms with Crippen LogP contribution in [-0.2, 0) is 16.0 Å². The molecule has 0 N–H and O–H groups in total. The van der Waals surface area contributed by atoms with Crippen molar-refractivity contribution in [2.75, 3.05) is 0 Å². The molecule has 4 heteroatoms. The lowest BCUT2D eigenvalue weighted by molar-refractivity contribution is -0.153. The molecule has 0 saturated carbocycles. The number of hydrogen-bond donors (Lipinski definition) is 0. The number of ether oxygens (including phenoxy) is 1. The van der Waals surface area contributed by atoms with Gasteiger partial charge in [-0.1, -0.05) is 29.3 Å². The van der Waals surface area contributed by atoms with Crippen molar-refractivity contribution in [2.45, 2.75) is 39.7 Å². The Bertz CT molecular complexity index is 659. The maximum absolute atomic E-state index is 12.0. The number of rotatable bonds is 2. The van der Waals surface area contributed by atoms with Gasteiger partial charge in [-0.15, -0.1) is 0 Å². The second kappa shape index (κ2) is 5.41. The molecule has 0 aliphatic rings. The van der Waals surface area contributed by atoms with Gasteiger partial charge in [0.15, 0.2) is 0 Å². The predicted molar refractivity (Wildman–Crippen MR) is 81.0 cm³/mol. The SMILES string of the molecule is Cc1ccc2cc(Cl)nc(CC(=O)OC(C)(C)C)c2c1. The number of pyridine rings is 1. The third-order valence-corrected chi connectivity index (χ3v) is 2.96. The largest absolute Gasteiger partial charge is 0.460 e. The first-order valence-corrected chi connectivity index (χ1v) is 6.90. The zero-order valence-corrected chi connectivity index (χ0v) is 12.9. The average Bonchev–Trinajstić information content (AvgIpc) is 2.27. The Morgan fingerprint density at radius 1 is 1.30 bits per heavy atom. The summed E-state index contributed by atoms with van der Waals surface area (Å²) in [6, 6.07) is 7.81. The summed E-state index contributed by atoms with van der Waals surface area (Å²) in [6.45, 7) is 7.54. The number of fused-ring (bicyclic) bond motifs is 1. The molecule has 0 bridgehead atoms. The van der Waals surface area contributed by atoms with E-state index in [0.29, 0.717) is 10.8 Å². The molecule has 0 atom stereocenters. The summed E-state index contributed by atoms with van der Waals surface area (Å²) >= 11 is 6.02. The Kier molecular flexibility index (Phi) is 4.00. The Labute approximate surface area is 123 Å². The quantitative estimate of drug-likeness (QED) is 0.618.